The maximum atomic E-state index is 5.09. The first-order valence-electron chi connectivity index (χ1n) is 4.92. The Labute approximate surface area is 88.1 Å². The van der Waals surface area contributed by atoms with Crippen LogP contribution in [0, 0.1) is 6.92 Å². The highest BCUT2D eigenvalue weighted by molar-refractivity contribution is 4.99. The molecule has 2 aromatic rings. The quantitative estimate of drug-likeness (QED) is 0.740. The molecule has 5 nitrogen and oxygen atoms in total. The molecule has 0 radical (unpaired) electrons. The van der Waals surface area contributed by atoms with Gasteiger partial charge in [-0.1, -0.05) is 0 Å². The minimum absolute atomic E-state index is 0.709. The zero-order valence-electron chi connectivity index (χ0n) is 8.68. The molecule has 2 rings (SSSR count). The Balaban J connectivity index is 1.67. The van der Waals surface area contributed by atoms with Crippen LogP contribution in [0.15, 0.2) is 29.4 Å². The topological polar surface area (TPSA) is 55.9 Å². The van der Waals surface area contributed by atoms with E-state index in [0.29, 0.717) is 6.54 Å². The number of hydrogen-bond donors (Lipinski definition) is 1. The van der Waals surface area contributed by atoms with Gasteiger partial charge < -0.3 is 9.73 Å². The van der Waals surface area contributed by atoms with Crippen molar-refractivity contribution < 1.29 is 4.42 Å². The molecular weight excluding hydrogens is 192 g/mol. The molecule has 0 fully saturated rings. The Kier molecular flexibility index (Phi) is 3.14. The van der Waals surface area contributed by atoms with Gasteiger partial charge in [0.2, 0.25) is 0 Å². The van der Waals surface area contributed by atoms with Crippen LogP contribution in [0.1, 0.15) is 11.3 Å². The first-order valence-corrected chi connectivity index (χ1v) is 4.92. The largest absolute Gasteiger partial charge is 0.447 e. The molecule has 0 amide bonds. The van der Waals surface area contributed by atoms with E-state index < -0.39 is 0 Å². The van der Waals surface area contributed by atoms with Crippen LogP contribution in [-0.4, -0.2) is 21.3 Å². The molecule has 2 heterocycles. The van der Waals surface area contributed by atoms with Crippen LogP contribution >= 0.6 is 0 Å². The van der Waals surface area contributed by atoms with E-state index in [0.717, 1.165) is 18.8 Å². The van der Waals surface area contributed by atoms with Gasteiger partial charge in [0.1, 0.15) is 5.76 Å². The second kappa shape index (κ2) is 4.75. The van der Waals surface area contributed by atoms with Crippen LogP contribution in [0.25, 0.3) is 0 Å². The van der Waals surface area contributed by atoms with Gasteiger partial charge in [0, 0.05) is 12.7 Å². The molecule has 1 N–H and O–H groups in total. The number of aryl methyl sites for hydroxylation is 1. The highest BCUT2D eigenvalue weighted by atomic mass is 16.3. The van der Waals surface area contributed by atoms with Gasteiger partial charge in [-0.2, -0.15) is 5.10 Å². The lowest BCUT2D eigenvalue weighted by molar-refractivity contribution is 0.467. The number of aromatic nitrogens is 3. The van der Waals surface area contributed by atoms with Crippen molar-refractivity contribution in [2.24, 2.45) is 0 Å². The third kappa shape index (κ3) is 2.92. The van der Waals surface area contributed by atoms with E-state index >= 15 is 0 Å². The molecule has 0 unspecified atom stereocenters. The highest BCUT2D eigenvalue weighted by Crippen LogP contribution is 1.95. The molecule has 0 saturated carbocycles. The SMILES string of the molecule is Cc1cnn(CCNCc2cnco2)c1. The summed E-state index contributed by atoms with van der Waals surface area (Å²) in [6.45, 7) is 4.47. The first-order chi connectivity index (χ1) is 7.34. The molecule has 0 aromatic carbocycles. The summed E-state index contributed by atoms with van der Waals surface area (Å²) in [6.07, 6.45) is 7.03. The average molecular weight is 206 g/mol. The van der Waals surface area contributed by atoms with Crippen molar-refractivity contribution >= 4 is 0 Å². The predicted octanol–water partition coefficient (Wildman–Crippen LogP) is 0.969. The molecule has 15 heavy (non-hydrogen) atoms. The second-order valence-electron chi connectivity index (χ2n) is 3.43. The normalized spacial score (nSPS) is 10.7. The van der Waals surface area contributed by atoms with Crippen molar-refractivity contribution in [3.05, 3.63) is 36.3 Å². The fraction of sp³-hybridized carbons (Fsp3) is 0.400. The smallest absolute Gasteiger partial charge is 0.180 e. The third-order valence-corrected chi connectivity index (χ3v) is 2.06. The first kappa shape index (κ1) is 9.92. The van der Waals surface area contributed by atoms with E-state index in [4.69, 9.17) is 4.42 Å². The van der Waals surface area contributed by atoms with Gasteiger partial charge in [-0.3, -0.25) is 4.68 Å². The average Bonchev–Trinajstić information content (AvgIpc) is 2.84. The highest BCUT2D eigenvalue weighted by Gasteiger charge is 1.96. The Morgan fingerprint density at radius 3 is 3.07 bits per heavy atom. The van der Waals surface area contributed by atoms with Crippen molar-refractivity contribution in [3.63, 3.8) is 0 Å². The summed E-state index contributed by atoms with van der Waals surface area (Å²) in [6, 6.07) is 0. The number of rotatable bonds is 5. The maximum absolute atomic E-state index is 5.09. The lowest BCUT2D eigenvalue weighted by Gasteiger charge is -2.02. The Morgan fingerprint density at radius 1 is 1.47 bits per heavy atom. The summed E-state index contributed by atoms with van der Waals surface area (Å²) in [5.74, 6) is 0.853. The summed E-state index contributed by atoms with van der Waals surface area (Å²) < 4.78 is 7.01. The van der Waals surface area contributed by atoms with Crippen LogP contribution in [0.3, 0.4) is 0 Å². The Hall–Kier alpha value is -1.62. The molecule has 0 aliphatic carbocycles. The maximum Gasteiger partial charge on any atom is 0.180 e. The summed E-state index contributed by atoms with van der Waals surface area (Å²) in [7, 11) is 0. The van der Waals surface area contributed by atoms with Gasteiger partial charge in [0.25, 0.3) is 0 Å². The molecule has 0 saturated heterocycles. The summed E-state index contributed by atoms with van der Waals surface area (Å²) in [5, 5.41) is 7.44. The fourth-order valence-corrected chi connectivity index (χ4v) is 1.32. The summed E-state index contributed by atoms with van der Waals surface area (Å²) in [5.41, 5.74) is 1.19. The monoisotopic (exact) mass is 206 g/mol. The Bertz CT molecular complexity index is 393. The molecule has 80 valence electrons. The lowest BCUT2D eigenvalue weighted by atomic mass is 10.4. The van der Waals surface area contributed by atoms with E-state index in [2.05, 4.69) is 15.4 Å². The van der Waals surface area contributed by atoms with E-state index in [-0.39, 0.29) is 0 Å². The minimum atomic E-state index is 0.709. The summed E-state index contributed by atoms with van der Waals surface area (Å²) >= 11 is 0. The molecule has 0 aliphatic rings. The van der Waals surface area contributed by atoms with Crippen LogP contribution in [0.2, 0.25) is 0 Å². The Morgan fingerprint density at radius 2 is 2.40 bits per heavy atom. The van der Waals surface area contributed by atoms with Crippen LogP contribution in [0.4, 0.5) is 0 Å². The molecule has 0 spiro atoms. The van der Waals surface area contributed by atoms with Crippen molar-refractivity contribution in [1.29, 1.82) is 0 Å². The molecule has 2 aromatic heterocycles. The molecular formula is C10H14N4O. The zero-order chi connectivity index (χ0) is 10.5. The van der Waals surface area contributed by atoms with Gasteiger partial charge in [-0.15, -0.1) is 0 Å². The second-order valence-corrected chi connectivity index (χ2v) is 3.43. The number of hydrogen-bond acceptors (Lipinski definition) is 4. The van der Waals surface area contributed by atoms with Crippen molar-refractivity contribution in [3.8, 4) is 0 Å². The van der Waals surface area contributed by atoms with Gasteiger partial charge in [-0.05, 0) is 12.5 Å². The van der Waals surface area contributed by atoms with E-state index in [9.17, 15) is 0 Å². The summed E-state index contributed by atoms with van der Waals surface area (Å²) in [4.78, 5) is 3.84. The standard InChI is InChI=1S/C10H14N4O/c1-9-4-13-14(7-9)3-2-11-5-10-6-12-8-15-10/h4,6-8,11H,2-3,5H2,1H3. The predicted molar refractivity (Wildman–Crippen MR) is 55.2 cm³/mol. The van der Waals surface area contributed by atoms with E-state index in [1.807, 2.05) is 24.0 Å². The van der Waals surface area contributed by atoms with Gasteiger partial charge in [0.05, 0.1) is 25.5 Å². The fourth-order valence-electron chi connectivity index (χ4n) is 1.32. The molecule has 0 atom stereocenters. The van der Waals surface area contributed by atoms with Crippen LogP contribution in [-0.2, 0) is 13.1 Å². The third-order valence-electron chi connectivity index (χ3n) is 2.06. The molecule has 5 heteroatoms. The van der Waals surface area contributed by atoms with Gasteiger partial charge >= 0.3 is 0 Å². The van der Waals surface area contributed by atoms with E-state index in [1.165, 1.54) is 12.0 Å². The van der Waals surface area contributed by atoms with Gasteiger partial charge in [-0.25, -0.2) is 4.98 Å². The zero-order valence-corrected chi connectivity index (χ0v) is 8.68. The van der Waals surface area contributed by atoms with E-state index in [1.54, 1.807) is 6.20 Å². The lowest BCUT2D eigenvalue weighted by Crippen LogP contribution is -2.19. The molecule has 0 aliphatic heterocycles. The van der Waals surface area contributed by atoms with Crippen molar-refractivity contribution in [2.75, 3.05) is 6.54 Å². The number of oxazole rings is 1. The van der Waals surface area contributed by atoms with Gasteiger partial charge in [0.15, 0.2) is 6.39 Å². The van der Waals surface area contributed by atoms with Crippen molar-refractivity contribution in [1.82, 2.24) is 20.1 Å². The minimum Gasteiger partial charge on any atom is -0.447 e. The molecule has 0 bridgehead atoms. The van der Waals surface area contributed by atoms with Crippen LogP contribution in [0.5, 0.6) is 0 Å². The number of nitrogens with one attached hydrogen (secondary N) is 1. The number of nitrogens with zero attached hydrogens (tertiary/aromatic N) is 3. The van der Waals surface area contributed by atoms with Crippen LogP contribution < -0.4 is 5.32 Å². The van der Waals surface area contributed by atoms with Crippen molar-refractivity contribution in [2.45, 2.75) is 20.0 Å².